The van der Waals surface area contributed by atoms with E-state index in [4.69, 9.17) is 21.1 Å². The summed E-state index contributed by atoms with van der Waals surface area (Å²) in [6, 6.07) is 7.20. The van der Waals surface area contributed by atoms with Crippen molar-refractivity contribution in [2.45, 2.75) is 25.9 Å². The van der Waals surface area contributed by atoms with Crippen LogP contribution in [0.1, 0.15) is 39.4 Å². The fraction of sp³-hybridized carbons (Fsp3) is 0.318. The number of carbonyl (C=O) groups is 3. The maximum Gasteiger partial charge on any atom is 0.348 e. The molecule has 2 aromatic heterocycles. The Morgan fingerprint density at radius 1 is 1.09 bits per heavy atom. The van der Waals surface area contributed by atoms with Gasteiger partial charge in [0.15, 0.2) is 11.0 Å². The summed E-state index contributed by atoms with van der Waals surface area (Å²) < 4.78 is 12.0. The molecule has 0 aliphatic carbocycles. The Bertz CT molecular complexity index is 1210. The number of thioether (sulfide) groups is 1. The van der Waals surface area contributed by atoms with E-state index in [0.717, 1.165) is 16.9 Å². The average molecular weight is 523 g/mol. The largest absolute Gasteiger partial charge is 0.462 e. The number of thiophene rings is 1. The highest BCUT2D eigenvalue weighted by molar-refractivity contribution is 7.99. The number of anilines is 1. The molecule has 0 atom stereocenters. The quantitative estimate of drug-likeness (QED) is 0.321. The van der Waals surface area contributed by atoms with Gasteiger partial charge in [-0.15, -0.1) is 21.5 Å². The number of rotatable bonds is 9. The summed E-state index contributed by atoms with van der Waals surface area (Å²) in [5.74, 6) is -0.893. The summed E-state index contributed by atoms with van der Waals surface area (Å²) in [7, 11) is 1.80. The number of nitrogens with one attached hydrogen (secondary N) is 1. The molecule has 0 aliphatic heterocycles. The summed E-state index contributed by atoms with van der Waals surface area (Å²) in [5, 5.41) is 12.5. The maximum atomic E-state index is 12.7. The number of esters is 2. The lowest BCUT2D eigenvalue weighted by molar-refractivity contribution is -0.113. The van der Waals surface area contributed by atoms with Crippen LogP contribution in [0, 0.1) is 6.92 Å². The Labute approximate surface area is 209 Å². The van der Waals surface area contributed by atoms with E-state index in [1.165, 1.54) is 11.8 Å². The fourth-order valence-corrected chi connectivity index (χ4v) is 4.97. The second kappa shape index (κ2) is 11.5. The Balaban J connectivity index is 1.75. The smallest absolute Gasteiger partial charge is 0.348 e. The van der Waals surface area contributed by atoms with E-state index in [0.29, 0.717) is 21.6 Å². The third-order valence-corrected chi connectivity index (χ3v) is 7.07. The highest BCUT2D eigenvalue weighted by Crippen LogP contribution is 2.34. The SMILES string of the molecule is CCOC(=O)c1sc(NC(=O)CSc2nnc(-c3ccc(Cl)cc3)n2C)c(C(=O)OCC)c1C. The van der Waals surface area contributed by atoms with Crippen LogP contribution in [0.3, 0.4) is 0 Å². The van der Waals surface area contributed by atoms with Crippen LogP contribution in [0.15, 0.2) is 29.4 Å². The zero-order valence-corrected chi connectivity index (χ0v) is 21.4. The van der Waals surface area contributed by atoms with Crippen LogP contribution in [0.4, 0.5) is 5.00 Å². The molecule has 180 valence electrons. The first-order valence-electron chi connectivity index (χ1n) is 10.3. The molecule has 0 unspecified atom stereocenters. The third kappa shape index (κ3) is 5.78. The molecule has 1 N–H and O–H groups in total. The minimum absolute atomic E-state index is 0.0144. The zero-order valence-electron chi connectivity index (χ0n) is 19.0. The van der Waals surface area contributed by atoms with Gasteiger partial charge in [-0.3, -0.25) is 4.79 Å². The highest BCUT2D eigenvalue weighted by Gasteiger charge is 2.27. The van der Waals surface area contributed by atoms with Crippen LogP contribution >= 0.6 is 34.7 Å². The first kappa shape index (κ1) is 25.7. The van der Waals surface area contributed by atoms with Crippen molar-refractivity contribution >= 4 is 57.5 Å². The van der Waals surface area contributed by atoms with Crippen LogP contribution in [0.5, 0.6) is 0 Å². The summed E-state index contributed by atoms with van der Waals surface area (Å²) in [6.45, 7) is 5.35. The maximum absolute atomic E-state index is 12.7. The molecule has 0 saturated carbocycles. The number of halogens is 1. The second-order valence-corrected chi connectivity index (χ2v) is 9.31. The topological polar surface area (TPSA) is 112 Å². The number of nitrogens with zero attached hydrogens (tertiary/aromatic N) is 3. The van der Waals surface area contributed by atoms with Gasteiger partial charge in [0, 0.05) is 17.6 Å². The van der Waals surface area contributed by atoms with E-state index in [2.05, 4.69) is 15.5 Å². The molecule has 1 amide bonds. The van der Waals surface area contributed by atoms with Crippen LogP contribution in [0.25, 0.3) is 11.4 Å². The van der Waals surface area contributed by atoms with Gasteiger partial charge in [-0.05, 0) is 50.6 Å². The average Bonchev–Trinajstić information content (AvgIpc) is 3.32. The third-order valence-electron chi connectivity index (χ3n) is 4.61. The van der Waals surface area contributed by atoms with Crippen LogP contribution in [-0.2, 0) is 21.3 Å². The van der Waals surface area contributed by atoms with Gasteiger partial charge in [-0.1, -0.05) is 23.4 Å². The van der Waals surface area contributed by atoms with Crippen molar-refractivity contribution in [3.8, 4) is 11.4 Å². The number of benzene rings is 1. The number of aromatic nitrogens is 3. The lowest BCUT2D eigenvalue weighted by atomic mass is 10.1. The van der Waals surface area contributed by atoms with Gasteiger partial charge in [0.25, 0.3) is 0 Å². The molecule has 1 aromatic carbocycles. The van der Waals surface area contributed by atoms with E-state index in [-0.39, 0.29) is 40.3 Å². The molecule has 12 heteroatoms. The van der Waals surface area contributed by atoms with E-state index >= 15 is 0 Å². The standard InChI is InChI=1S/C22H23ClN4O5S2/c1-5-31-20(29)16-12(3)17(21(30)32-6-2)34-19(16)24-15(28)11-33-22-26-25-18(27(22)4)13-7-9-14(23)10-8-13/h7-10H,5-6,11H2,1-4H3,(H,24,28). The Morgan fingerprint density at radius 3 is 2.38 bits per heavy atom. The molecule has 0 saturated heterocycles. The van der Waals surface area contributed by atoms with Gasteiger partial charge in [0.05, 0.1) is 24.5 Å². The minimum Gasteiger partial charge on any atom is -0.462 e. The summed E-state index contributed by atoms with van der Waals surface area (Å²) in [5.41, 5.74) is 1.40. The normalized spacial score (nSPS) is 10.7. The Hall–Kier alpha value is -2.89. The van der Waals surface area contributed by atoms with Crippen LogP contribution < -0.4 is 5.32 Å². The summed E-state index contributed by atoms with van der Waals surface area (Å²) in [6.07, 6.45) is 0. The van der Waals surface area contributed by atoms with Gasteiger partial charge < -0.3 is 19.4 Å². The Morgan fingerprint density at radius 2 is 1.74 bits per heavy atom. The van der Waals surface area contributed by atoms with Crippen molar-refractivity contribution in [2.24, 2.45) is 7.05 Å². The van der Waals surface area contributed by atoms with E-state index in [1.807, 2.05) is 12.1 Å². The Kier molecular flexibility index (Phi) is 8.70. The molecule has 0 bridgehead atoms. The first-order chi connectivity index (χ1) is 16.3. The molecule has 34 heavy (non-hydrogen) atoms. The highest BCUT2D eigenvalue weighted by atomic mass is 35.5. The van der Waals surface area contributed by atoms with Gasteiger partial charge >= 0.3 is 11.9 Å². The number of hydrogen-bond acceptors (Lipinski definition) is 9. The molecule has 0 aliphatic rings. The predicted octanol–water partition coefficient (Wildman–Crippen LogP) is 4.59. The van der Waals surface area contributed by atoms with Gasteiger partial charge in [0.1, 0.15) is 9.88 Å². The van der Waals surface area contributed by atoms with Crippen LogP contribution in [-0.4, -0.2) is 51.6 Å². The summed E-state index contributed by atoms with van der Waals surface area (Å²) >= 11 is 8.12. The number of ether oxygens (including phenoxy) is 2. The van der Waals surface area contributed by atoms with E-state index in [9.17, 15) is 14.4 Å². The molecule has 0 spiro atoms. The predicted molar refractivity (Wildman–Crippen MR) is 132 cm³/mol. The lowest BCUT2D eigenvalue weighted by Crippen LogP contribution is -2.16. The molecule has 9 nitrogen and oxygen atoms in total. The molecular formula is C22H23ClN4O5S2. The second-order valence-electron chi connectivity index (χ2n) is 6.91. The van der Waals surface area contributed by atoms with Crippen molar-refractivity contribution in [3.05, 3.63) is 45.3 Å². The molecular weight excluding hydrogens is 500 g/mol. The minimum atomic E-state index is -0.615. The number of carbonyl (C=O) groups excluding carboxylic acids is 3. The fourth-order valence-electron chi connectivity index (χ4n) is 3.03. The van der Waals surface area contributed by atoms with Crippen molar-refractivity contribution in [1.82, 2.24) is 14.8 Å². The zero-order chi connectivity index (χ0) is 24.8. The molecule has 3 rings (SSSR count). The van der Waals surface area contributed by atoms with Crippen molar-refractivity contribution in [1.29, 1.82) is 0 Å². The van der Waals surface area contributed by atoms with Gasteiger partial charge in [-0.25, -0.2) is 9.59 Å². The van der Waals surface area contributed by atoms with Crippen molar-refractivity contribution < 1.29 is 23.9 Å². The van der Waals surface area contributed by atoms with E-state index < -0.39 is 11.9 Å². The molecule has 0 radical (unpaired) electrons. The monoisotopic (exact) mass is 522 g/mol. The van der Waals surface area contributed by atoms with Crippen molar-refractivity contribution in [2.75, 3.05) is 24.3 Å². The summed E-state index contributed by atoms with van der Waals surface area (Å²) in [4.78, 5) is 37.7. The molecule has 0 fully saturated rings. The molecule has 3 aromatic rings. The number of amides is 1. The molecule has 2 heterocycles. The lowest BCUT2D eigenvalue weighted by Gasteiger charge is -2.07. The van der Waals surface area contributed by atoms with Crippen LogP contribution in [0.2, 0.25) is 5.02 Å². The number of hydrogen-bond donors (Lipinski definition) is 1. The first-order valence-corrected chi connectivity index (χ1v) is 12.5. The van der Waals surface area contributed by atoms with Crippen molar-refractivity contribution in [3.63, 3.8) is 0 Å². The van der Waals surface area contributed by atoms with Gasteiger partial charge in [0.2, 0.25) is 5.91 Å². The van der Waals surface area contributed by atoms with Gasteiger partial charge in [-0.2, -0.15) is 0 Å². The van der Waals surface area contributed by atoms with E-state index in [1.54, 1.807) is 44.5 Å².